The second kappa shape index (κ2) is 45.6. The van der Waals surface area contributed by atoms with Gasteiger partial charge in [-0.1, -0.05) is 33.8 Å². The minimum Gasteiger partial charge on any atom is -0.381 e. The monoisotopic (exact) mass is 1740 g/mol. The molecular formula is C91H128N30O6. The Balaban J connectivity index is 0.000000163. The number of anilines is 6. The van der Waals surface area contributed by atoms with Crippen molar-refractivity contribution in [2.45, 2.75) is 264 Å². The minimum atomic E-state index is -0.594. The second-order valence-electron chi connectivity index (χ2n) is 35.8. The topological polar surface area (TPSA) is 476 Å². The van der Waals surface area contributed by atoms with Gasteiger partial charge in [-0.05, 0) is 256 Å². The van der Waals surface area contributed by atoms with E-state index in [-0.39, 0.29) is 30.3 Å². The van der Waals surface area contributed by atoms with E-state index in [0.717, 1.165) is 201 Å². The predicted molar refractivity (Wildman–Crippen MR) is 483 cm³/mol. The van der Waals surface area contributed by atoms with Gasteiger partial charge in [0.2, 0.25) is 11.6 Å². The van der Waals surface area contributed by atoms with Gasteiger partial charge in [-0.3, -0.25) is 0 Å². The Morgan fingerprint density at radius 1 is 0.449 bits per heavy atom. The Hall–Kier alpha value is -11.0. The molecule has 6 fully saturated rings. The number of tetrazole rings is 3. The van der Waals surface area contributed by atoms with Crippen LogP contribution in [-0.2, 0) is 40.6 Å². The third kappa shape index (κ3) is 27.3. The first-order valence-electron chi connectivity index (χ1n) is 45.3. The lowest BCUT2D eigenvalue weighted by Crippen LogP contribution is -2.46. The Labute approximate surface area is 744 Å². The van der Waals surface area contributed by atoms with Gasteiger partial charge in [0, 0.05) is 149 Å². The number of rotatable bonds is 36. The van der Waals surface area contributed by atoms with Crippen molar-refractivity contribution in [2.24, 2.45) is 16.2 Å². The SMILES string of the molecule is Cc1cnc(NC2CCC(N[C@@H](C)COC(C)(C)c3nn[nH]n3)CC2)cc1-c1cccc(NCC2(C#N)CCOCC2)n1.Cc1cnc(NC2CCC(N[C@@H](C)CO[C@H](C)c3nn[nH]n3)CC2)cc1-c1cccc(NCC2(C#N)CCOCC2)n1.Cc1cnc(NC2CCC(N[C@H](C)[C@H](C)OCc3nn[nH]n3)CC2)cc1-c1cccc(NCC2(C#N)CCOCC2)n1. The normalized spacial score (nSPS) is 21.5. The molecule has 9 aromatic rings. The molecule has 12 heterocycles. The number of aromatic nitrogens is 18. The van der Waals surface area contributed by atoms with Gasteiger partial charge in [-0.25, -0.2) is 29.9 Å². The molecule has 127 heavy (non-hydrogen) atoms. The summed E-state index contributed by atoms with van der Waals surface area (Å²) >= 11 is 0. The van der Waals surface area contributed by atoms with Crippen LogP contribution >= 0.6 is 0 Å². The van der Waals surface area contributed by atoms with Crippen LogP contribution in [0, 0.1) is 71.0 Å². The zero-order chi connectivity index (χ0) is 89.0. The highest BCUT2D eigenvalue weighted by Gasteiger charge is 2.37. The standard InChI is InChI=1S/C31H44N10O2.2C30H42N10O2/c1-21-17-33-28(16-25(21)26-6-5-7-27(37-26)34-20-31(19-32)12-14-42-15-13-31)36-24-10-8-23(9-11-24)35-22(2)18-43-30(3,4)29-38-40-41-39-29;1-20-16-32-28(15-25(20)26-5-4-6-27(36-26)33-19-30(18-31)11-13-41-14-12-30)35-24-9-7-23(8-10-24)34-21(2)22(3)42-17-29-37-39-40-38-29;1-20-16-32-28(15-25(20)26-5-4-6-27(36-26)33-19-30(18-31)11-13-41-14-12-30)35-24-9-7-23(8-10-24)34-21(2)17-42-22(3)29-37-39-40-38-29/h5-7,16-17,22-24,35H,8-15,18,20H2,1-4H3,(H,33,36)(H,34,37)(H,38,39,40,41);2*4-6,15-16,21-24,34H,7-14,17,19H2,1-3H3,(H,32,35)(H,33,36)(H,37,38,39,40)/t22-,23?,24?;2*21-,22+,23?,24?/m010/s1. The molecule has 3 saturated heterocycles. The summed E-state index contributed by atoms with van der Waals surface area (Å²) in [6.45, 7) is 27.5. The summed E-state index contributed by atoms with van der Waals surface area (Å²) < 4.78 is 34.3. The highest BCUT2D eigenvalue weighted by molar-refractivity contribution is 5.70. The van der Waals surface area contributed by atoms with Crippen molar-refractivity contribution >= 4 is 34.9 Å². The molecule has 678 valence electrons. The summed E-state index contributed by atoms with van der Waals surface area (Å²) in [7, 11) is 0. The van der Waals surface area contributed by atoms with Gasteiger partial charge in [-0.2, -0.15) is 31.4 Å². The summed E-state index contributed by atoms with van der Waals surface area (Å²) in [6, 6.07) is 34.9. The molecule has 6 aliphatic rings. The number of pyridine rings is 6. The van der Waals surface area contributed by atoms with E-state index >= 15 is 0 Å². The lowest BCUT2D eigenvalue weighted by Gasteiger charge is -2.33. The fourth-order valence-electron chi connectivity index (χ4n) is 17.1. The highest BCUT2D eigenvalue weighted by Crippen LogP contribution is 2.37. The van der Waals surface area contributed by atoms with E-state index in [4.69, 9.17) is 43.4 Å². The second-order valence-corrected chi connectivity index (χ2v) is 35.8. The third-order valence-corrected chi connectivity index (χ3v) is 25.5. The van der Waals surface area contributed by atoms with E-state index in [2.05, 4.69) is 210 Å². The molecule has 15 rings (SSSR count). The van der Waals surface area contributed by atoms with Gasteiger partial charge in [0.05, 0.1) is 70.9 Å². The molecule has 0 spiro atoms. The number of hydrogen-bond donors (Lipinski definition) is 12. The van der Waals surface area contributed by atoms with Gasteiger partial charge < -0.3 is 76.3 Å². The molecule has 0 aromatic carbocycles. The average molecular weight is 1740 g/mol. The number of aryl methyl sites for hydroxylation is 3. The Bertz CT molecular complexity index is 4960. The molecule has 5 atom stereocenters. The highest BCUT2D eigenvalue weighted by atomic mass is 16.5. The number of ether oxygens (including phenoxy) is 6. The van der Waals surface area contributed by atoms with E-state index in [1.807, 2.05) is 94.0 Å². The summed E-state index contributed by atoms with van der Waals surface area (Å²) in [5, 5.41) is 104. The molecular weight excluding hydrogens is 1610 g/mol. The molecule has 0 unspecified atom stereocenters. The van der Waals surface area contributed by atoms with Crippen LogP contribution in [0.4, 0.5) is 34.9 Å². The lowest BCUT2D eigenvalue weighted by atomic mass is 9.82. The zero-order valence-corrected chi connectivity index (χ0v) is 75.2. The van der Waals surface area contributed by atoms with Crippen molar-refractivity contribution in [3.63, 3.8) is 0 Å². The zero-order valence-electron chi connectivity index (χ0n) is 75.2. The molecule has 12 N–H and O–H groups in total. The first-order valence-corrected chi connectivity index (χ1v) is 45.3. The first kappa shape index (κ1) is 93.7. The molecule has 3 aliphatic carbocycles. The number of aromatic amines is 3. The number of nitrogens with zero attached hydrogens (tertiary/aromatic N) is 18. The number of nitriles is 3. The van der Waals surface area contributed by atoms with Crippen molar-refractivity contribution in [3.05, 3.63) is 126 Å². The Morgan fingerprint density at radius 3 is 1.19 bits per heavy atom. The maximum Gasteiger partial charge on any atom is 0.205 e. The number of nitrogens with one attached hydrogen (secondary N) is 12. The van der Waals surface area contributed by atoms with Gasteiger partial charge >= 0.3 is 0 Å². The van der Waals surface area contributed by atoms with Gasteiger partial charge in [0.1, 0.15) is 53.2 Å². The molecule has 0 amide bonds. The van der Waals surface area contributed by atoms with Crippen molar-refractivity contribution in [1.82, 2.24) is 108 Å². The average Bonchev–Trinajstić information content (AvgIpc) is 1.41. The maximum atomic E-state index is 9.79. The largest absolute Gasteiger partial charge is 0.381 e. The van der Waals surface area contributed by atoms with E-state index in [9.17, 15) is 15.8 Å². The molecule has 9 aromatic heterocycles. The summed E-state index contributed by atoms with van der Waals surface area (Å²) in [5.41, 5.74) is 7.21. The summed E-state index contributed by atoms with van der Waals surface area (Å²) in [6.07, 6.45) is 22.9. The first-order chi connectivity index (χ1) is 61.6. The molecule has 0 radical (unpaired) electrons. The van der Waals surface area contributed by atoms with Crippen molar-refractivity contribution in [1.29, 1.82) is 15.8 Å². The van der Waals surface area contributed by atoms with E-state index in [1.165, 1.54) is 0 Å². The number of hydrogen-bond acceptors (Lipinski definition) is 33. The number of H-pyrrole nitrogens is 3. The smallest absolute Gasteiger partial charge is 0.205 e. The van der Waals surface area contributed by atoms with E-state index < -0.39 is 21.8 Å². The Kier molecular flexibility index (Phi) is 33.7. The summed E-state index contributed by atoms with van der Waals surface area (Å²) in [5.74, 6) is 6.61. The molecule has 3 aliphatic heterocycles. The van der Waals surface area contributed by atoms with Crippen LogP contribution in [0.15, 0.2) is 91.4 Å². The summed E-state index contributed by atoms with van der Waals surface area (Å²) in [4.78, 5) is 28.7. The van der Waals surface area contributed by atoms with Crippen molar-refractivity contribution in [3.8, 4) is 52.0 Å². The van der Waals surface area contributed by atoms with Crippen LogP contribution in [0.3, 0.4) is 0 Å². The van der Waals surface area contributed by atoms with Gasteiger partial charge in [0.25, 0.3) is 0 Å². The molecule has 36 heteroatoms. The fraction of sp³-hybridized carbons (Fsp3) is 0.604. The van der Waals surface area contributed by atoms with Crippen LogP contribution in [0.5, 0.6) is 0 Å². The molecule has 3 saturated carbocycles. The van der Waals surface area contributed by atoms with Crippen LogP contribution in [-0.4, -0.2) is 225 Å². The van der Waals surface area contributed by atoms with E-state index in [1.54, 1.807) is 0 Å². The lowest BCUT2D eigenvalue weighted by molar-refractivity contribution is -0.0379. The minimum absolute atomic E-state index is 0.0335. The molecule has 0 bridgehead atoms. The van der Waals surface area contributed by atoms with Crippen LogP contribution in [0.25, 0.3) is 33.8 Å². The van der Waals surface area contributed by atoms with E-state index in [0.29, 0.717) is 133 Å². The van der Waals surface area contributed by atoms with Crippen LogP contribution < -0.4 is 47.9 Å². The quantitative estimate of drug-likeness (QED) is 0.0173. The van der Waals surface area contributed by atoms with Gasteiger partial charge in [-0.15, -0.1) is 30.6 Å². The molecule has 36 nitrogen and oxygen atoms in total. The third-order valence-electron chi connectivity index (χ3n) is 25.5. The van der Waals surface area contributed by atoms with Crippen LogP contribution in [0.1, 0.15) is 204 Å². The predicted octanol–water partition coefficient (Wildman–Crippen LogP) is 12.5. The van der Waals surface area contributed by atoms with Crippen LogP contribution in [0.2, 0.25) is 0 Å². The van der Waals surface area contributed by atoms with Crippen molar-refractivity contribution < 1.29 is 28.4 Å². The van der Waals surface area contributed by atoms with Gasteiger partial charge in [0.15, 0.2) is 5.82 Å². The Morgan fingerprint density at radius 2 is 0.819 bits per heavy atom. The maximum absolute atomic E-state index is 9.79. The van der Waals surface area contributed by atoms with Crippen molar-refractivity contribution in [2.75, 3.05) is 104 Å². The fourth-order valence-corrected chi connectivity index (χ4v) is 17.1.